The summed E-state index contributed by atoms with van der Waals surface area (Å²) >= 11 is 5.88. The van der Waals surface area contributed by atoms with Crippen molar-refractivity contribution in [2.75, 3.05) is 0 Å². The molecule has 3 rings (SSSR count). The normalized spacial score (nSPS) is 12.0. The van der Waals surface area contributed by atoms with Crippen LogP contribution in [-0.4, -0.2) is 26.9 Å². The van der Waals surface area contributed by atoms with Gasteiger partial charge in [0.2, 0.25) is 0 Å². The molecule has 8 heteroatoms. The standard InChI is InChI=1S/C20H23ClN4O3/c1-12-9-14(3)25(23-12)10-13(2)22-20(26)19-18(15(4)28-24-19)11-27-17-7-5-16(21)6-8-17/h5-9,13H,10-11H2,1-4H3,(H,22,26). The lowest BCUT2D eigenvalue weighted by Gasteiger charge is -2.15. The molecular formula is C20H23ClN4O3. The Morgan fingerprint density at radius 1 is 1.29 bits per heavy atom. The van der Waals surface area contributed by atoms with Crippen LogP contribution in [0.15, 0.2) is 34.9 Å². The Bertz CT molecular complexity index is 962. The lowest BCUT2D eigenvalue weighted by atomic mass is 10.2. The van der Waals surface area contributed by atoms with Crippen LogP contribution in [0, 0.1) is 20.8 Å². The molecule has 28 heavy (non-hydrogen) atoms. The summed E-state index contributed by atoms with van der Waals surface area (Å²) in [5, 5.41) is 11.9. The number of benzene rings is 1. The molecule has 0 spiro atoms. The van der Waals surface area contributed by atoms with Gasteiger partial charge in [0.15, 0.2) is 5.69 Å². The number of halogens is 1. The SMILES string of the molecule is Cc1cc(C)n(CC(C)NC(=O)c2noc(C)c2COc2ccc(Cl)cc2)n1. The van der Waals surface area contributed by atoms with Crippen LogP contribution in [-0.2, 0) is 13.2 Å². The molecule has 2 aromatic heterocycles. The molecule has 1 amide bonds. The zero-order chi connectivity index (χ0) is 20.3. The van der Waals surface area contributed by atoms with Crippen molar-refractivity contribution in [3.05, 3.63) is 63.8 Å². The van der Waals surface area contributed by atoms with Crippen LogP contribution in [0.1, 0.15) is 40.1 Å². The third kappa shape index (κ3) is 4.72. The summed E-state index contributed by atoms with van der Waals surface area (Å²) in [7, 11) is 0. The molecule has 1 N–H and O–H groups in total. The summed E-state index contributed by atoms with van der Waals surface area (Å²) in [6, 6.07) is 8.88. The first kappa shape index (κ1) is 19.9. The second-order valence-electron chi connectivity index (χ2n) is 6.79. The van der Waals surface area contributed by atoms with Gasteiger partial charge in [0, 0.05) is 16.8 Å². The van der Waals surface area contributed by atoms with Gasteiger partial charge < -0.3 is 14.6 Å². The number of nitrogens with one attached hydrogen (secondary N) is 1. The van der Waals surface area contributed by atoms with Crippen LogP contribution in [0.5, 0.6) is 5.75 Å². The van der Waals surface area contributed by atoms with E-state index in [9.17, 15) is 4.79 Å². The maximum absolute atomic E-state index is 12.7. The third-order valence-corrected chi connectivity index (χ3v) is 4.58. The molecule has 0 saturated carbocycles. The molecule has 0 aliphatic rings. The fraction of sp³-hybridized carbons (Fsp3) is 0.350. The molecule has 0 aliphatic carbocycles. The van der Waals surface area contributed by atoms with Gasteiger partial charge in [-0.25, -0.2) is 0 Å². The van der Waals surface area contributed by atoms with Gasteiger partial charge >= 0.3 is 0 Å². The first-order valence-electron chi connectivity index (χ1n) is 8.99. The number of ether oxygens (including phenoxy) is 1. The van der Waals surface area contributed by atoms with Gasteiger partial charge in [-0.2, -0.15) is 5.10 Å². The summed E-state index contributed by atoms with van der Waals surface area (Å²) < 4.78 is 12.8. The molecule has 2 heterocycles. The Hall–Kier alpha value is -2.80. The Balaban J connectivity index is 1.65. The molecule has 3 aromatic rings. The highest BCUT2D eigenvalue weighted by Crippen LogP contribution is 2.20. The first-order valence-corrected chi connectivity index (χ1v) is 9.36. The van der Waals surface area contributed by atoms with Crippen molar-refractivity contribution in [3.63, 3.8) is 0 Å². The van der Waals surface area contributed by atoms with Crippen LogP contribution in [0.4, 0.5) is 0 Å². The van der Waals surface area contributed by atoms with Crippen molar-refractivity contribution in [1.29, 1.82) is 0 Å². The summed E-state index contributed by atoms with van der Waals surface area (Å²) in [6.07, 6.45) is 0. The number of nitrogens with zero attached hydrogens (tertiary/aromatic N) is 3. The highest BCUT2D eigenvalue weighted by Gasteiger charge is 2.22. The molecule has 1 unspecified atom stereocenters. The van der Waals surface area contributed by atoms with E-state index in [1.807, 2.05) is 31.5 Å². The number of hydrogen-bond acceptors (Lipinski definition) is 5. The maximum atomic E-state index is 12.7. The van der Waals surface area contributed by atoms with Crippen LogP contribution < -0.4 is 10.1 Å². The predicted molar refractivity (Wildman–Crippen MR) is 106 cm³/mol. The van der Waals surface area contributed by atoms with Crippen molar-refractivity contribution in [1.82, 2.24) is 20.3 Å². The molecule has 0 radical (unpaired) electrons. The fourth-order valence-electron chi connectivity index (χ4n) is 2.88. The number of amides is 1. The minimum atomic E-state index is -0.305. The van der Waals surface area contributed by atoms with E-state index < -0.39 is 0 Å². The van der Waals surface area contributed by atoms with Gasteiger partial charge in [-0.3, -0.25) is 9.48 Å². The molecule has 0 fully saturated rings. The number of carbonyl (C=O) groups is 1. The summed E-state index contributed by atoms with van der Waals surface area (Å²) in [4.78, 5) is 12.7. The molecule has 148 valence electrons. The number of rotatable bonds is 7. The van der Waals surface area contributed by atoms with Crippen LogP contribution in [0.2, 0.25) is 5.02 Å². The van der Waals surface area contributed by atoms with Crippen molar-refractivity contribution in [3.8, 4) is 5.75 Å². The van der Waals surface area contributed by atoms with Gasteiger partial charge in [0.1, 0.15) is 18.1 Å². The average molecular weight is 403 g/mol. The van der Waals surface area contributed by atoms with Gasteiger partial charge in [-0.15, -0.1) is 0 Å². The van der Waals surface area contributed by atoms with Crippen molar-refractivity contribution >= 4 is 17.5 Å². The predicted octanol–water partition coefficient (Wildman–Crippen LogP) is 3.85. The van der Waals surface area contributed by atoms with E-state index in [0.29, 0.717) is 28.6 Å². The second kappa shape index (κ2) is 8.48. The minimum absolute atomic E-state index is 0.132. The molecule has 0 saturated heterocycles. The van der Waals surface area contributed by atoms with Crippen molar-refractivity contribution in [2.24, 2.45) is 0 Å². The third-order valence-electron chi connectivity index (χ3n) is 4.32. The topological polar surface area (TPSA) is 82.2 Å². The Labute approximate surface area is 168 Å². The maximum Gasteiger partial charge on any atom is 0.274 e. The zero-order valence-electron chi connectivity index (χ0n) is 16.3. The average Bonchev–Trinajstić information content (AvgIpc) is 3.16. The Morgan fingerprint density at radius 2 is 2.00 bits per heavy atom. The van der Waals surface area contributed by atoms with E-state index in [4.69, 9.17) is 20.9 Å². The molecule has 1 atom stereocenters. The molecular weight excluding hydrogens is 380 g/mol. The highest BCUT2D eigenvalue weighted by atomic mass is 35.5. The van der Waals surface area contributed by atoms with E-state index in [0.717, 1.165) is 11.4 Å². The summed E-state index contributed by atoms with van der Waals surface area (Å²) in [5.74, 6) is 0.889. The lowest BCUT2D eigenvalue weighted by Crippen LogP contribution is -2.36. The molecule has 0 bridgehead atoms. The smallest absolute Gasteiger partial charge is 0.274 e. The number of aryl methyl sites for hydroxylation is 3. The van der Waals surface area contributed by atoms with Gasteiger partial charge in [-0.05, 0) is 58.0 Å². The number of carbonyl (C=O) groups excluding carboxylic acids is 1. The zero-order valence-corrected chi connectivity index (χ0v) is 17.1. The number of aromatic nitrogens is 3. The van der Waals surface area contributed by atoms with E-state index in [1.54, 1.807) is 31.2 Å². The monoisotopic (exact) mass is 402 g/mol. The van der Waals surface area contributed by atoms with Crippen LogP contribution >= 0.6 is 11.6 Å². The second-order valence-corrected chi connectivity index (χ2v) is 7.23. The number of hydrogen-bond donors (Lipinski definition) is 1. The quantitative estimate of drug-likeness (QED) is 0.649. The van der Waals surface area contributed by atoms with Gasteiger partial charge in [0.25, 0.3) is 5.91 Å². The highest BCUT2D eigenvalue weighted by molar-refractivity contribution is 6.30. The molecule has 0 aliphatic heterocycles. The van der Waals surface area contributed by atoms with Crippen LogP contribution in [0.25, 0.3) is 0 Å². The molecule has 7 nitrogen and oxygen atoms in total. The van der Waals surface area contributed by atoms with E-state index in [2.05, 4.69) is 15.6 Å². The van der Waals surface area contributed by atoms with E-state index in [-0.39, 0.29) is 24.2 Å². The van der Waals surface area contributed by atoms with Crippen molar-refractivity contribution < 1.29 is 14.1 Å². The van der Waals surface area contributed by atoms with E-state index in [1.165, 1.54) is 0 Å². The fourth-order valence-corrected chi connectivity index (χ4v) is 3.01. The Kier molecular flexibility index (Phi) is 6.04. The first-order chi connectivity index (χ1) is 13.3. The molecule has 1 aromatic carbocycles. The van der Waals surface area contributed by atoms with Gasteiger partial charge in [-0.1, -0.05) is 16.8 Å². The summed E-state index contributed by atoms with van der Waals surface area (Å²) in [5.41, 5.74) is 2.84. The summed E-state index contributed by atoms with van der Waals surface area (Å²) in [6.45, 7) is 8.35. The minimum Gasteiger partial charge on any atom is -0.489 e. The Morgan fingerprint density at radius 3 is 2.64 bits per heavy atom. The largest absolute Gasteiger partial charge is 0.489 e. The van der Waals surface area contributed by atoms with E-state index >= 15 is 0 Å². The van der Waals surface area contributed by atoms with Gasteiger partial charge in [0.05, 0.1) is 17.8 Å². The lowest BCUT2D eigenvalue weighted by molar-refractivity contribution is 0.0924. The van der Waals surface area contributed by atoms with Crippen LogP contribution in [0.3, 0.4) is 0 Å². The van der Waals surface area contributed by atoms with Crippen molar-refractivity contribution in [2.45, 2.75) is 46.9 Å².